The zero-order chi connectivity index (χ0) is 14.8. The van der Waals surface area contributed by atoms with E-state index in [1.165, 1.54) is 25.4 Å². The molecule has 0 bridgehead atoms. The zero-order valence-electron chi connectivity index (χ0n) is 11.9. The molecule has 3 nitrogen and oxygen atoms in total. The number of nitrogens with two attached hydrogens (primary N) is 1. The van der Waals surface area contributed by atoms with Gasteiger partial charge in [-0.1, -0.05) is 24.3 Å². The first-order chi connectivity index (χ1) is 10.2. The molecule has 3 N–H and O–H groups in total. The number of ether oxygens (including phenoxy) is 1. The van der Waals surface area contributed by atoms with E-state index in [2.05, 4.69) is 58.6 Å². The van der Waals surface area contributed by atoms with E-state index in [4.69, 9.17) is 10.6 Å². The molecule has 2 heterocycles. The molecule has 1 aliphatic rings. The van der Waals surface area contributed by atoms with Crippen LogP contribution in [0.2, 0.25) is 0 Å². The van der Waals surface area contributed by atoms with Crippen LogP contribution < -0.4 is 11.3 Å². The second-order valence-electron chi connectivity index (χ2n) is 5.37. The second-order valence-corrected chi connectivity index (χ2v) is 7.77. The van der Waals surface area contributed by atoms with Crippen molar-refractivity contribution in [3.63, 3.8) is 0 Å². The molecular formula is C16H19BrN2OS. The van der Waals surface area contributed by atoms with Crippen LogP contribution in [0.4, 0.5) is 0 Å². The van der Waals surface area contributed by atoms with Crippen molar-refractivity contribution in [2.24, 2.45) is 5.84 Å². The maximum Gasteiger partial charge on any atom is 0.0846 e. The number of hydrogen-bond acceptors (Lipinski definition) is 4. The first kappa shape index (κ1) is 15.2. The lowest BCUT2D eigenvalue weighted by Gasteiger charge is -2.28. The van der Waals surface area contributed by atoms with Crippen LogP contribution in [-0.2, 0) is 11.2 Å². The summed E-state index contributed by atoms with van der Waals surface area (Å²) in [5.74, 6) is 5.79. The van der Waals surface area contributed by atoms with Crippen molar-refractivity contribution in [2.75, 3.05) is 6.61 Å². The Morgan fingerprint density at radius 2 is 2.29 bits per heavy atom. The van der Waals surface area contributed by atoms with E-state index in [0.717, 1.165) is 19.4 Å². The number of fused-ring (bicyclic) bond motifs is 1. The maximum atomic E-state index is 5.99. The van der Waals surface area contributed by atoms with E-state index in [9.17, 15) is 0 Å². The Kier molecular flexibility index (Phi) is 4.76. The lowest BCUT2D eigenvalue weighted by Crippen LogP contribution is -2.30. The van der Waals surface area contributed by atoms with Gasteiger partial charge in [0.15, 0.2) is 0 Å². The SMILES string of the molecule is Cc1cc(C(CC2OCCc3ccccc32)NN)sc1Br. The minimum absolute atomic E-state index is 0.108. The number of thiophene rings is 1. The van der Waals surface area contributed by atoms with Crippen molar-refractivity contribution in [2.45, 2.75) is 31.9 Å². The molecule has 21 heavy (non-hydrogen) atoms. The summed E-state index contributed by atoms with van der Waals surface area (Å²) in [5.41, 5.74) is 6.90. The number of rotatable bonds is 4. The van der Waals surface area contributed by atoms with E-state index < -0.39 is 0 Å². The van der Waals surface area contributed by atoms with Gasteiger partial charge in [0.1, 0.15) is 0 Å². The number of aryl methyl sites for hydroxylation is 1. The smallest absolute Gasteiger partial charge is 0.0846 e. The molecule has 0 saturated carbocycles. The van der Waals surface area contributed by atoms with Gasteiger partial charge in [0.25, 0.3) is 0 Å². The monoisotopic (exact) mass is 366 g/mol. The Morgan fingerprint density at radius 3 is 3.00 bits per heavy atom. The quantitative estimate of drug-likeness (QED) is 0.634. The predicted octanol–water partition coefficient (Wildman–Crippen LogP) is 4.03. The van der Waals surface area contributed by atoms with E-state index in [1.807, 2.05) is 0 Å². The van der Waals surface area contributed by atoms with Crippen LogP contribution in [0.3, 0.4) is 0 Å². The van der Waals surface area contributed by atoms with Crippen molar-refractivity contribution >= 4 is 27.3 Å². The minimum atomic E-state index is 0.108. The fourth-order valence-electron chi connectivity index (χ4n) is 2.81. The van der Waals surface area contributed by atoms with Gasteiger partial charge in [-0.3, -0.25) is 11.3 Å². The summed E-state index contributed by atoms with van der Waals surface area (Å²) in [7, 11) is 0. The Balaban J connectivity index is 1.82. The molecular weight excluding hydrogens is 348 g/mol. The summed E-state index contributed by atoms with van der Waals surface area (Å²) in [6.07, 6.45) is 1.95. The van der Waals surface area contributed by atoms with Crippen molar-refractivity contribution in [3.05, 3.63) is 55.7 Å². The van der Waals surface area contributed by atoms with Crippen molar-refractivity contribution in [1.82, 2.24) is 5.43 Å². The molecule has 0 amide bonds. The van der Waals surface area contributed by atoms with Gasteiger partial charge in [-0.2, -0.15) is 0 Å². The van der Waals surface area contributed by atoms with E-state index in [-0.39, 0.29) is 12.1 Å². The molecule has 1 aliphatic heterocycles. The number of nitrogens with one attached hydrogen (secondary N) is 1. The Bertz CT molecular complexity index is 609. The van der Waals surface area contributed by atoms with E-state index >= 15 is 0 Å². The standard InChI is InChI=1S/C16H19BrN2OS/c1-10-8-15(21-16(10)17)13(19-18)9-14-12-5-3-2-4-11(12)6-7-20-14/h2-5,8,13-14,19H,6-7,9,18H2,1H3. The van der Waals surface area contributed by atoms with Gasteiger partial charge in [0.05, 0.1) is 22.5 Å². The van der Waals surface area contributed by atoms with Crippen molar-refractivity contribution in [3.8, 4) is 0 Å². The third-order valence-electron chi connectivity index (χ3n) is 3.96. The minimum Gasteiger partial charge on any atom is -0.373 e. The molecule has 0 saturated heterocycles. The van der Waals surface area contributed by atoms with Crippen LogP contribution in [0.15, 0.2) is 34.1 Å². The van der Waals surface area contributed by atoms with Gasteiger partial charge in [-0.05, 0) is 58.5 Å². The summed E-state index contributed by atoms with van der Waals surface area (Å²) in [5, 5.41) is 0. The zero-order valence-corrected chi connectivity index (χ0v) is 14.3. The molecule has 0 aliphatic carbocycles. The molecule has 3 rings (SSSR count). The van der Waals surface area contributed by atoms with E-state index in [1.54, 1.807) is 11.3 Å². The number of benzene rings is 1. The fraction of sp³-hybridized carbons (Fsp3) is 0.375. The Morgan fingerprint density at radius 1 is 1.48 bits per heavy atom. The van der Waals surface area contributed by atoms with Gasteiger partial charge in [-0.25, -0.2) is 0 Å². The summed E-state index contributed by atoms with van der Waals surface area (Å²) in [6, 6.07) is 10.8. The molecule has 1 aromatic carbocycles. The molecule has 0 spiro atoms. The van der Waals surface area contributed by atoms with Crippen LogP contribution in [0.5, 0.6) is 0 Å². The molecule has 0 radical (unpaired) electrons. The normalized spacial score (nSPS) is 19.3. The number of halogens is 1. The molecule has 112 valence electrons. The predicted molar refractivity (Wildman–Crippen MR) is 90.3 cm³/mol. The summed E-state index contributed by atoms with van der Waals surface area (Å²) in [6.45, 7) is 2.89. The van der Waals surface area contributed by atoms with Gasteiger partial charge >= 0.3 is 0 Å². The van der Waals surface area contributed by atoms with E-state index in [0.29, 0.717) is 0 Å². The lowest BCUT2D eigenvalue weighted by atomic mass is 9.93. The van der Waals surface area contributed by atoms with Crippen molar-refractivity contribution < 1.29 is 4.74 Å². The average molecular weight is 367 g/mol. The molecule has 1 aromatic heterocycles. The summed E-state index contributed by atoms with van der Waals surface area (Å²) >= 11 is 5.32. The topological polar surface area (TPSA) is 47.3 Å². The van der Waals surface area contributed by atoms with Crippen LogP contribution in [0.1, 0.15) is 40.1 Å². The van der Waals surface area contributed by atoms with Gasteiger partial charge < -0.3 is 4.74 Å². The van der Waals surface area contributed by atoms with Gasteiger partial charge in [-0.15, -0.1) is 11.3 Å². The Hall–Kier alpha value is -0.720. The first-order valence-electron chi connectivity index (χ1n) is 7.10. The third-order valence-corrected chi connectivity index (χ3v) is 6.21. The summed E-state index contributed by atoms with van der Waals surface area (Å²) < 4.78 is 7.16. The highest BCUT2D eigenvalue weighted by Gasteiger charge is 2.25. The Labute approximate surface area is 137 Å². The van der Waals surface area contributed by atoms with Crippen LogP contribution in [-0.4, -0.2) is 6.61 Å². The van der Waals surface area contributed by atoms with Crippen LogP contribution in [0.25, 0.3) is 0 Å². The summed E-state index contributed by atoms with van der Waals surface area (Å²) in [4.78, 5) is 1.24. The highest BCUT2D eigenvalue weighted by atomic mass is 79.9. The van der Waals surface area contributed by atoms with Crippen LogP contribution >= 0.6 is 27.3 Å². The lowest BCUT2D eigenvalue weighted by molar-refractivity contribution is 0.0295. The second kappa shape index (κ2) is 6.58. The maximum absolute atomic E-state index is 5.99. The largest absolute Gasteiger partial charge is 0.373 e. The number of hydrazine groups is 1. The van der Waals surface area contributed by atoms with Gasteiger partial charge in [0.2, 0.25) is 0 Å². The molecule has 0 fully saturated rings. The number of hydrogen-bond donors (Lipinski definition) is 2. The third kappa shape index (κ3) is 3.22. The fourth-order valence-corrected chi connectivity index (χ4v) is 4.45. The molecule has 2 atom stereocenters. The highest BCUT2D eigenvalue weighted by molar-refractivity contribution is 9.11. The first-order valence-corrected chi connectivity index (χ1v) is 8.71. The van der Waals surface area contributed by atoms with Gasteiger partial charge in [0, 0.05) is 4.88 Å². The van der Waals surface area contributed by atoms with Crippen molar-refractivity contribution in [1.29, 1.82) is 0 Å². The molecule has 5 heteroatoms. The molecule has 2 aromatic rings. The van der Waals surface area contributed by atoms with Crippen LogP contribution in [0, 0.1) is 6.92 Å². The highest BCUT2D eigenvalue weighted by Crippen LogP contribution is 2.38. The average Bonchev–Trinajstić information content (AvgIpc) is 2.84. The molecule has 2 unspecified atom stereocenters.